The Balaban J connectivity index is 4.01. The van der Waals surface area contributed by atoms with Crippen molar-refractivity contribution >= 4 is 0 Å². The summed E-state index contributed by atoms with van der Waals surface area (Å²) >= 11 is 0. The van der Waals surface area contributed by atoms with E-state index in [0.29, 0.717) is 6.04 Å². The average Bonchev–Trinajstić information content (AvgIpc) is 2.14. The van der Waals surface area contributed by atoms with E-state index in [1.54, 1.807) is 14.2 Å². The third-order valence-electron chi connectivity index (χ3n) is 2.37. The fourth-order valence-corrected chi connectivity index (χ4v) is 1.80. The first-order chi connectivity index (χ1) is 7.05. The Bertz CT molecular complexity index is 149. The summed E-state index contributed by atoms with van der Waals surface area (Å²) in [5.41, 5.74) is 0.0195. The zero-order valence-corrected chi connectivity index (χ0v) is 10.9. The summed E-state index contributed by atoms with van der Waals surface area (Å²) in [6, 6.07) is 0.431. The van der Waals surface area contributed by atoms with E-state index < -0.39 is 0 Å². The number of hydrogen-bond acceptors (Lipinski definition) is 3. The first kappa shape index (κ1) is 14.9. The van der Waals surface area contributed by atoms with Crippen LogP contribution in [0.3, 0.4) is 0 Å². The van der Waals surface area contributed by atoms with Gasteiger partial charge in [-0.1, -0.05) is 19.8 Å². The average molecular weight is 217 g/mol. The van der Waals surface area contributed by atoms with Crippen LogP contribution in [0.25, 0.3) is 0 Å². The number of unbranched alkanes of at least 4 members (excludes halogenated alkanes) is 1. The monoisotopic (exact) mass is 217 g/mol. The van der Waals surface area contributed by atoms with Gasteiger partial charge in [-0.2, -0.15) is 0 Å². The summed E-state index contributed by atoms with van der Waals surface area (Å²) in [6.45, 7) is 8.02. The van der Waals surface area contributed by atoms with Crippen molar-refractivity contribution in [3.63, 3.8) is 0 Å². The second kappa shape index (κ2) is 8.08. The lowest BCUT2D eigenvalue weighted by Crippen LogP contribution is -2.50. The van der Waals surface area contributed by atoms with Crippen molar-refractivity contribution < 1.29 is 9.47 Å². The van der Waals surface area contributed by atoms with Crippen LogP contribution in [0.4, 0.5) is 0 Å². The van der Waals surface area contributed by atoms with Crippen LogP contribution in [0.1, 0.15) is 40.0 Å². The lowest BCUT2D eigenvalue weighted by Gasteiger charge is -2.31. The number of ether oxygens (including phenoxy) is 2. The molecule has 1 N–H and O–H groups in total. The normalized spacial score (nSPS) is 14.2. The number of rotatable bonds is 9. The third kappa shape index (κ3) is 7.77. The molecule has 1 atom stereocenters. The van der Waals surface area contributed by atoms with E-state index in [-0.39, 0.29) is 5.54 Å². The number of nitrogens with one attached hydrogen (secondary N) is 1. The van der Waals surface area contributed by atoms with E-state index in [9.17, 15) is 0 Å². The first-order valence-electron chi connectivity index (χ1n) is 5.81. The van der Waals surface area contributed by atoms with Crippen LogP contribution in [0, 0.1) is 0 Å². The summed E-state index contributed by atoms with van der Waals surface area (Å²) in [6.07, 6.45) is 3.63. The molecular formula is C12H27NO2. The van der Waals surface area contributed by atoms with Gasteiger partial charge in [0.05, 0.1) is 13.2 Å². The first-order valence-corrected chi connectivity index (χ1v) is 5.81. The molecule has 0 saturated carbocycles. The Hall–Kier alpha value is -0.120. The van der Waals surface area contributed by atoms with E-state index in [4.69, 9.17) is 9.47 Å². The molecule has 3 nitrogen and oxygen atoms in total. The maximum atomic E-state index is 5.22. The van der Waals surface area contributed by atoms with Crippen LogP contribution in [-0.2, 0) is 9.47 Å². The van der Waals surface area contributed by atoms with E-state index >= 15 is 0 Å². The summed E-state index contributed by atoms with van der Waals surface area (Å²) < 4.78 is 10.4. The molecule has 0 spiro atoms. The largest absolute Gasteiger partial charge is 0.383 e. The molecule has 3 heteroatoms. The van der Waals surface area contributed by atoms with Gasteiger partial charge in [-0.3, -0.25) is 0 Å². The van der Waals surface area contributed by atoms with Crippen LogP contribution in [0.5, 0.6) is 0 Å². The minimum absolute atomic E-state index is 0.0195. The predicted octanol–water partition coefficient (Wildman–Crippen LogP) is 2.21. The van der Waals surface area contributed by atoms with Gasteiger partial charge in [-0.05, 0) is 20.3 Å². The third-order valence-corrected chi connectivity index (χ3v) is 2.37. The highest BCUT2D eigenvalue weighted by Gasteiger charge is 2.21. The van der Waals surface area contributed by atoms with Gasteiger partial charge in [-0.15, -0.1) is 0 Å². The Morgan fingerprint density at radius 3 is 2.33 bits per heavy atom. The van der Waals surface area contributed by atoms with Gasteiger partial charge in [0.15, 0.2) is 0 Å². The molecule has 0 radical (unpaired) electrons. The molecule has 0 rings (SSSR count). The van der Waals surface area contributed by atoms with Crippen molar-refractivity contribution in [2.24, 2.45) is 0 Å². The molecule has 0 heterocycles. The van der Waals surface area contributed by atoms with E-state index in [2.05, 4.69) is 26.1 Å². The molecule has 0 aromatic rings. The molecule has 0 aliphatic rings. The van der Waals surface area contributed by atoms with Crippen LogP contribution in [0.15, 0.2) is 0 Å². The maximum absolute atomic E-state index is 5.22. The lowest BCUT2D eigenvalue weighted by atomic mass is 10.0. The Kier molecular flexibility index (Phi) is 8.02. The smallest absolute Gasteiger partial charge is 0.0639 e. The van der Waals surface area contributed by atoms with Gasteiger partial charge < -0.3 is 14.8 Å². The molecule has 0 aromatic carbocycles. The quantitative estimate of drug-likeness (QED) is 0.642. The van der Waals surface area contributed by atoms with Gasteiger partial charge in [0, 0.05) is 25.8 Å². The van der Waals surface area contributed by atoms with Crippen LogP contribution < -0.4 is 5.32 Å². The van der Waals surface area contributed by atoms with Gasteiger partial charge in [0.1, 0.15) is 0 Å². The molecule has 0 amide bonds. The molecule has 0 fully saturated rings. The van der Waals surface area contributed by atoms with Crippen LogP contribution >= 0.6 is 0 Å². The van der Waals surface area contributed by atoms with E-state index in [1.807, 2.05) is 0 Å². The minimum atomic E-state index is 0.0195. The molecule has 0 aliphatic carbocycles. The topological polar surface area (TPSA) is 30.5 Å². The fourth-order valence-electron chi connectivity index (χ4n) is 1.80. The Morgan fingerprint density at radius 2 is 1.87 bits per heavy atom. The Morgan fingerprint density at radius 1 is 1.20 bits per heavy atom. The zero-order chi connectivity index (χ0) is 11.7. The van der Waals surface area contributed by atoms with Crippen molar-refractivity contribution in [1.82, 2.24) is 5.32 Å². The van der Waals surface area contributed by atoms with Gasteiger partial charge in [0.2, 0.25) is 0 Å². The van der Waals surface area contributed by atoms with Crippen molar-refractivity contribution in [3.05, 3.63) is 0 Å². The van der Waals surface area contributed by atoms with Crippen molar-refractivity contribution in [3.8, 4) is 0 Å². The van der Waals surface area contributed by atoms with Crippen molar-refractivity contribution in [2.75, 3.05) is 27.4 Å². The standard InChI is InChI=1S/C12H27NO2/c1-6-7-8-11(9-14-4)13-12(2,3)10-15-5/h11,13H,6-10H2,1-5H3. The maximum Gasteiger partial charge on any atom is 0.0639 e. The zero-order valence-electron chi connectivity index (χ0n) is 10.9. The van der Waals surface area contributed by atoms with Crippen LogP contribution in [-0.4, -0.2) is 39.0 Å². The molecule has 1 unspecified atom stereocenters. The molecule has 0 aromatic heterocycles. The SMILES string of the molecule is CCCCC(COC)NC(C)(C)COC. The van der Waals surface area contributed by atoms with Gasteiger partial charge in [-0.25, -0.2) is 0 Å². The number of hydrogen-bond donors (Lipinski definition) is 1. The molecule has 92 valence electrons. The van der Waals surface area contributed by atoms with Gasteiger partial charge >= 0.3 is 0 Å². The summed E-state index contributed by atoms with van der Waals surface area (Å²) in [5.74, 6) is 0. The highest BCUT2D eigenvalue weighted by Crippen LogP contribution is 2.08. The highest BCUT2D eigenvalue weighted by atomic mass is 16.5. The van der Waals surface area contributed by atoms with Crippen LogP contribution in [0.2, 0.25) is 0 Å². The Labute approximate surface area is 94.5 Å². The predicted molar refractivity (Wildman–Crippen MR) is 64.3 cm³/mol. The molecule has 0 saturated heterocycles. The summed E-state index contributed by atoms with van der Waals surface area (Å²) in [4.78, 5) is 0. The fraction of sp³-hybridized carbons (Fsp3) is 1.00. The van der Waals surface area contributed by atoms with E-state index in [0.717, 1.165) is 19.6 Å². The second-order valence-electron chi connectivity index (χ2n) is 4.76. The van der Waals surface area contributed by atoms with Crippen molar-refractivity contribution in [2.45, 2.75) is 51.6 Å². The lowest BCUT2D eigenvalue weighted by molar-refractivity contribution is 0.0955. The molecule has 0 aliphatic heterocycles. The molecule has 0 bridgehead atoms. The second-order valence-corrected chi connectivity index (χ2v) is 4.76. The van der Waals surface area contributed by atoms with Gasteiger partial charge in [0.25, 0.3) is 0 Å². The summed E-state index contributed by atoms with van der Waals surface area (Å²) in [5, 5.41) is 3.58. The van der Waals surface area contributed by atoms with E-state index in [1.165, 1.54) is 12.8 Å². The minimum Gasteiger partial charge on any atom is -0.383 e. The number of methoxy groups -OCH3 is 2. The highest BCUT2D eigenvalue weighted by molar-refractivity contribution is 4.82. The summed E-state index contributed by atoms with van der Waals surface area (Å²) in [7, 11) is 3.49. The molecule has 15 heavy (non-hydrogen) atoms. The molecular weight excluding hydrogens is 190 g/mol. The van der Waals surface area contributed by atoms with Crippen molar-refractivity contribution in [1.29, 1.82) is 0 Å².